The van der Waals surface area contributed by atoms with Crippen molar-refractivity contribution in [2.45, 2.75) is 26.8 Å². The molecule has 0 saturated carbocycles. The third-order valence-corrected chi connectivity index (χ3v) is 2.28. The van der Waals surface area contributed by atoms with E-state index in [-0.39, 0.29) is 11.8 Å². The van der Waals surface area contributed by atoms with E-state index in [2.05, 4.69) is 5.32 Å². The van der Waals surface area contributed by atoms with Crippen LogP contribution < -0.4 is 5.32 Å². The number of phenols is 1. The number of alkyl carbamates (subject to hydrolysis) is 1. The Labute approximate surface area is 102 Å². The standard InChI is InChI=1S/C13H19NO3/c1-9(2)8-17-13(16)14-10(3)11-4-6-12(15)7-5-11/h4-7,9-10,15H,8H2,1-3H3,(H,14,16)/t10-/m0/s1. The fourth-order valence-corrected chi connectivity index (χ4v) is 1.31. The number of ether oxygens (including phenoxy) is 1. The second kappa shape index (κ2) is 6.13. The van der Waals surface area contributed by atoms with Crippen molar-refractivity contribution in [3.8, 4) is 5.75 Å². The zero-order chi connectivity index (χ0) is 12.8. The van der Waals surface area contributed by atoms with Gasteiger partial charge in [0.05, 0.1) is 12.6 Å². The number of carbonyl (C=O) groups excluding carboxylic acids is 1. The molecule has 17 heavy (non-hydrogen) atoms. The first kappa shape index (κ1) is 13.4. The normalized spacial score (nSPS) is 12.2. The van der Waals surface area contributed by atoms with E-state index in [1.165, 1.54) is 0 Å². The SMILES string of the molecule is CC(C)COC(=O)N[C@@H](C)c1ccc(O)cc1. The number of phenolic OH excluding ortho intramolecular Hbond substituents is 1. The maximum atomic E-state index is 11.4. The van der Waals surface area contributed by atoms with Crippen molar-refractivity contribution in [1.29, 1.82) is 0 Å². The van der Waals surface area contributed by atoms with Gasteiger partial charge in [0.2, 0.25) is 0 Å². The van der Waals surface area contributed by atoms with Crippen LogP contribution in [0, 0.1) is 5.92 Å². The first-order valence-corrected chi connectivity index (χ1v) is 5.71. The molecule has 0 aliphatic rings. The molecular weight excluding hydrogens is 218 g/mol. The Bertz CT molecular complexity index is 359. The molecule has 0 aliphatic heterocycles. The number of hydrogen-bond donors (Lipinski definition) is 2. The van der Waals surface area contributed by atoms with E-state index in [0.717, 1.165) is 5.56 Å². The number of nitrogens with one attached hydrogen (secondary N) is 1. The van der Waals surface area contributed by atoms with Crippen LogP contribution in [-0.4, -0.2) is 17.8 Å². The lowest BCUT2D eigenvalue weighted by Crippen LogP contribution is -2.28. The maximum absolute atomic E-state index is 11.4. The summed E-state index contributed by atoms with van der Waals surface area (Å²) >= 11 is 0. The summed E-state index contributed by atoms with van der Waals surface area (Å²) in [4.78, 5) is 11.4. The average molecular weight is 237 g/mol. The van der Waals surface area contributed by atoms with Crippen LogP contribution in [0.2, 0.25) is 0 Å². The van der Waals surface area contributed by atoms with Crippen molar-refractivity contribution in [2.24, 2.45) is 5.92 Å². The first-order valence-electron chi connectivity index (χ1n) is 5.71. The van der Waals surface area contributed by atoms with Crippen molar-refractivity contribution >= 4 is 6.09 Å². The van der Waals surface area contributed by atoms with Gasteiger partial charge in [-0.15, -0.1) is 0 Å². The Morgan fingerprint density at radius 3 is 2.41 bits per heavy atom. The van der Waals surface area contributed by atoms with Crippen LogP contribution in [-0.2, 0) is 4.74 Å². The van der Waals surface area contributed by atoms with Crippen LogP contribution in [0.1, 0.15) is 32.4 Å². The molecule has 0 radical (unpaired) electrons. The number of benzene rings is 1. The summed E-state index contributed by atoms with van der Waals surface area (Å²) in [5.41, 5.74) is 0.921. The summed E-state index contributed by atoms with van der Waals surface area (Å²) in [6, 6.07) is 6.57. The molecule has 1 aromatic rings. The Kier molecular flexibility index (Phi) is 4.82. The Balaban J connectivity index is 2.46. The van der Waals surface area contributed by atoms with E-state index < -0.39 is 6.09 Å². The Morgan fingerprint density at radius 1 is 1.29 bits per heavy atom. The smallest absolute Gasteiger partial charge is 0.407 e. The van der Waals surface area contributed by atoms with Gasteiger partial charge in [-0.2, -0.15) is 0 Å². The minimum absolute atomic E-state index is 0.143. The molecule has 0 aliphatic carbocycles. The lowest BCUT2D eigenvalue weighted by molar-refractivity contribution is 0.130. The fraction of sp³-hybridized carbons (Fsp3) is 0.462. The summed E-state index contributed by atoms with van der Waals surface area (Å²) in [7, 11) is 0. The predicted octanol–water partition coefficient (Wildman–Crippen LogP) is 2.84. The van der Waals surface area contributed by atoms with Crippen LogP contribution in [0.5, 0.6) is 5.75 Å². The quantitative estimate of drug-likeness (QED) is 0.846. The second-order valence-electron chi connectivity index (χ2n) is 4.45. The van der Waals surface area contributed by atoms with Crippen molar-refractivity contribution in [1.82, 2.24) is 5.32 Å². The molecule has 0 unspecified atom stereocenters. The number of hydrogen-bond acceptors (Lipinski definition) is 3. The number of rotatable bonds is 4. The molecule has 0 aromatic heterocycles. The number of carbonyl (C=O) groups is 1. The fourth-order valence-electron chi connectivity index (χ4n) is 1.31. The van der Waals surface area contributed by atoms with Gasteiger partial charge in [-0.1, -0.05) is 26.0 Å². The Morgan fingerprint density at radius 2 is 1.88 bits per heavy atom. The molecule has 1 rings (SSSR count). The van der Waals surface area contributed by atoms with Gasteiger partial charge in [0.15, 0.2) is 0 Å². The minimum Gasteiger partial charge on any atom is -0.508 e. The van der Waals surface area contributed by atoms with E-state index in [1.54, 1.807) is 24.3 Å². The molecule has 0 heterocycles. The van der Waals surface area contributed by atoms with Crippen LogP contribution in [0.15, 0.2) is 24.3 Å². The molecular formula is C13H19NO3. The van der Waals surface area contributed by atoms with E-state index in [9.17, 15) is 4.79 Å². The molecule has 1 atom stereocenters. The summed E-state index contributed by atoms with van der Waals surface area (Å²) < 4.78 is 5.02. The zero-order valence-electron chi connectivity index (χ0n) is 10.4. The third-order valence-electron chi connectivity index (χ3n) is 2.28. The molecule has 1 amide bonds. The lowest BCUT2D eigenvalue weighted by atomic mass is 10.1. The van der Waals surface area contributed by atoms with Gasteiger partial charge >= 0.3 is 6.09 Å². The third kappa shape index (κ3) is 4.76. The molecule has 0 fully saturated rings. The molecule has 0 saturated heterocycles. The van der Waals surface area contributed by atoms with Gasteiger partial charge in [0.1, 0.15) is 5.75 Å². The van der Waals surface area contributed by atoms with Crippen LogP contribution in [0.4, 0.5) is 4.79 Å². The van der Waals surface area contributed by atoms with Crippen LogP contribution in [0.3, 0.4) is 0 Å². The van der Waals surface area contributed by atoms with E-state index in [4.69, 9.17) is 9.84 Å². The lowest BCUT2D eigenvalue weighted by Gasteiger charge is -2.15. The van der Waals surface area contributed by atoms with Gasteiger partial charge in [-0.25, -0.2) is 4.79 Å². The highest BCUT2D eigenvalue weighted by atomic mass is 16.5. The monoisotopic (exact) mass is 237 g/mol. The van der Waals surface area contributed by atoms with Gasteiger partial charge in [0, 0.05) is 0 Å². The molecule has 2 N–H and O–H groups in total. The van der Waals surface area contributed by atoms with Crippen molar-refractivity contribution in [3.63, 3.8) is 0 Å². The van der Waals surface area contributed by atoms with Gasteiger partial charge in [-0.3, -0.25) is 0 Å². The summed E-state index contributed by atoms with van der Waals surface area (Å²) in [5, 5.41) is 11.9. The average Bonchev–Trinajstić information content (AvgIpc) is 2.27. The van der Waals surface area contributed by atoms with Crippen LogP contribution >= 0.6 is 0 Å². The molecule has 0 spiro atoms. The molecule has 4 nitrogen and oxygen atoms in total. The van der Waals surface area contributed by atoms with E-state index >= 15 is 0 Å². The van der Waals surface area contributed by atoms with E-state index in [1.807, 2.05) is 20.8 Å². The Hall–Kier alpha value is -1.71. The number of amides is 1. The predicted molar refractivity (Wildman–Crippen MR) is 65.8 cm³/mol. The summed E-state index contributed by atoms with van der Waals surface area (Å²) in [6.07, 6.45) is -0.417. The second-order valence-corrected chi connectivity index (χ2v) is 4.45. The topological polar surface area (TPSA) is 58.6 Å². The minimum atomic E-state index is -0.417. The van der Waals surface area contributed by atoms with Gasteiger partial charge in [-0.05, 0) is 30.5 Å². The van der Waals surface area contributed by atoms with Crippen molar-refractivity contribution in [2.75, 3.05) is 6.61 Å². The van der Waals surface area contributed by atoms with Gasteiger partial charge < -0.3 is 15.2 Å². The highest BCUT2D eigenvalue weighted by molar-refractivity contribution is 5.67. The summed E-state index contributed by atoms with van der Waals surface area (Å²) in [5.74, 6) is 0.535. The molecule has 94 valence electrons. The zero-order valence-corrected chi connectivity index (χ0v) is 10.4. The molecule has 1 aromatic carbocycles. The number of aromatic hydroxyl groups is 1. The van der Waals surface area contributed by atoms with Gasteiger partial charge in [0.25, 0.3) is 0 Å². The summed E-state index contributed by atoms with van der Waals surface area (Å²) in [6.45, 7) is 6.24. The maximum Gasteiger partial charge on any atom is 0.407 e. The first-order chi connectivity index (χ1) is 7.99. The highest BCUT2D eigenvalue weighted by Crippen LogP contribution is 2.16. The largest absolute Gasteiger partial charge is 0.508 e. The van der Waals surface area contributed by atoms with Crippen LogP contribution in [0.25, 0.3) is 0 Å². The molecule has 0 bridgehead atoms. The molecule has 4 heteroatoms. The highest BCUT2D eigenvalue weighted by Gasteiger charge is 2.10. The van der Waals surface area contributed by atoms with E-state index in [0.29, 0.717) is 12.5 Å². The van der Waals surface area contributed by atoms with Crippen molar-refractivity contribution in [3.05, 3.63) is 29.8 Å². The van der Waals surface area contributed by atoms with Crippen molar-refractivity contribution < 1.29 is 14.6 Å².